The number of amides is 3. The maximum absolute atomic E-state index is 12.0. The van der Waals surface area contributed by atoms with E-state index in [1.807, 2.05) is 37.3 Å². The lowest BCUT2D eigenvalue weighted by Gasteiger charge is -2.09. The van der Waals surface area contributed by atoms with Gasteiger partial charge in [0.25, 0.3) is 5.91 Å². The topological polar surface area (TPSA) is 91.8 Å². The molecule has 0 aliphatic carbocycles. The number of nitrogens with one attached hydrogen (secondary N) is 3. The molecule has 0 fully saturated rings. The molecule has 0 aliphatic rings. The molecule has 0 aromatic heterocycles. The molecule has 9 heteroatoms. The van der Waals surface area contributed by atoms with Crippen LogP contribution >= 0.6 is 31.9 Å². The number of carbonyl (C=O) groups is 2. The average molecular weight is 560 g/mol. The third kappa shape index (κ3) is 7.21. The molecule has 0 unspecified atom stereocenters. The minimum atomic E-state index is -0.452. The average Bonchev–Trinajstić information content (AvgIpc) is 2.76. The van der Waals surface area contributed by atoms with Gasteiger partial charge in [0.1, 0.15) is 5.75 Å². The number of aryl methyl sites for hydroxylation is 1. The highest BCUT2D eigenvalue weighted by Crippen LogP contribution is 2.25. The largest absolute Gasteiger partial charge is 0.483 e. The van der Waals surface area contributed by atoms with Gasteiger partial charge in [-0.15, -0.1) is 0 Å². The highest BCUT2D eigenvalue weighted by Gasteiger charge is 2.07. The zero-order chi connectivity index (χ0) is 22.9. The molecule has 164 valence electrons. The molecule has 3 amide bonds. The fourth-order valence-electron chi connectivity index (χ4n) is 2.62. The van der Waals surface area contributed by atoms with Gasteiger partial charge < -0.3 is 15.4 Å². The summed E-state index contributed by atoms with van der Waals surface area (Å²) in [5.41, 5.74) is 5.54. The summed E-state index contributed by atoms with van der Waals surface area (Å²) < 4.78 is 7.19. The third-order valence-electron chi connectivity index (χ3n) is 4.17. The normalized spacial score (nSPS) is 10.6. The van der Waals surface area contributed by atoms with Crippen molar-refractivity contribution in [1.82, 2.24) is 5.43 Å². The van der Waals surface area contributed by atoms with Gasteiger partial charge in [0.2, 0.25) is 0 Å². The first kappa shape index (κ1) is 23.5. The predicted octanol–water partition coefficient (Wildman–Crippen LogP) is 5.69. The van der Waals surface area contributed by atoms with Crippen molar-refractivity contribution in [3.8, 4) is 5.75 Å². The van der Waals surface area contributed by atoms with Crippen molar-refractivity contribution >= 4 is 61.4 Å². The second kappa shape index (κ2) is 11.4. The van der Waals surface area contributed by atoms with E-state index in [4.69, 9.17) is 4.74 Å². The van der Waals surface area contributed by atoms with Gasteiger partial charge in [0.15, 0.2) is 6.61 Å². The molecule has 0 spiro atoms. The molecule has 32 heavy (non-hydrogen) atoms. The van der Waals surface area contributed by atoms with Gasteiger partial charge in [-0.25, -0.2) is 10.2 Å². The monoisotopic (exact) mass is 558 g/mol. The Labute approximate surface area is 202 Å². The summed E-state index contributed by atoms with van der Waals surface area (Å²) in [4.78, 5) is 24.0. The summed E-state index contributed by atoms with van der Waals surface area (Å²) >= 11 is 6.84. The number of carbonyl (C=O) groups excluding carboxylic acids is 2. The maximum atomic E-state index is 12.0. The van der Waals surface area contributed by atoms with Gasteiger partial charge in [-0.2, -0.15) is 5.10 Å². The predicted molar refractivity (Wildman–Crippen MR) is 133 cm³/mol. The molecule has 0 bridgehead atoms. The number of benzene rings is 3. The van der Waals surface area contributed by atoms with E-state index >= 15 is 0 Å². The van der Waals surface area contributed by atoms with Crippen molar-refractivity contribution in [2.24, 2.45) is 5.10 Å². The van der Waals surface area contributed by atoms with Crippen LogP contribution in [0.25, 0.3) is 0 Å². The molecule has 0 saturated heterocycles. The van der Waals surface area contributed by atoms with Crippen LogP contribution < -0.4 is 20.8 Å². The SMILES string of the molecule is Cc1cc(NC(=O)N/N=C/c2ccc(OCC(=O)Nc3ccccc3)c(Br)c2)ccc1Br. The molecule has 0 atom stereocenters. The van der Waals surface area contributed by atoms with E-state index in [1.165, 1.54) is 6.21 Å². The maximum Gasteiger partial charge on any atom is 0.339 e. The van der Waals surface area contributed by atoms with Crippen LogP contribution in [-0.2, 0) is 4.79 Å². The van der Waals surface area contributed by atoms with Crippen LogP contribution in [0.2, 0.25) is 0 Å². The van der Waals surface area contributed by atoms with Crippen LogP contribution in [0.4, 0.5) is 16.2 Å². The fraction of sp³-hybridized carbons (Fsp3) is 0.0870. The van der Waals surface area contributed by atoms with E-state index in [0.29, 0.717) is 21.6 Å². The molecule has 3 rings (SSSR count). The van der Waals surface area contributed by atoms with E-state index in [2.05, 4.69) is 53.0 Å². The van der Waals surface area contributed by atoms with E-state index in [9.17, 15) is 9.59 Å². The lowest BCUT2D eigenvalue weighted by molar-refractivity contribution is -0.118. The highest BCUT2D eigenvalue weighted by atomic mass is 79.9. The zero-order valence-corrected chi connectivity index (χ0v) is 20.2. The number of rotatable bonds is 7. The molecular formula is C23H20Br2N4O3. The lowest BCUT2D eigenvalue weighted by Crippen LogP contribution is -2.24. The fourth-order valence-corrected chi connectivity index (χ4v) is 3.38. The minimum Gasteiger partial charge on any atom is -0.483 e. The van der Waals surface area contributed by atoms with Gasteiger partial charge in [-0.1, -0.05) is 34.1 Å². The van der Waals surface area contributed by atoms with Crippen molar-refractivity contribution in [3.63, 3.8) is 0 Å². The Balaban J connectivity index is 1.48. The van der Waals surface area contributed by atoms with Crippen molar-refractivity contribution in [2.45, 2.75) is 6.92 Å². The second-order valence-corrected chi connectivity index (χ2v) is 8.39. The second-order valence-electron chi connectivity index (χ2n) is 6.68. The first-order chi connectivity index (χ1) is 15.4. The van der Waals surface area contributed by atoms with E-state index in [0.717, 1.165) is 15.6 Å². The number of hydrazone groups is 1. The van der Waals surface area contributed by atoms with Gasteiger partial charge in [-0.05, 0) is 82.5 Å². The van der Waals surface area contributed by atoms with Crippen molar-refractivity contribution < 1.29 is 14.3 Å². The van der Waals surface area contributed by atoms with Gasteiger partial charge in [0.05, 0.1) is 10.7 Å². The molecule has 3 aromatic carbocycles. The van der Waals surface area contributed by atoms with Gasteiger partial charge in [0, 0.05) is 15.8 Å². The summed E-state index contributed by atoms with van der Waals surface area (Å²) in [6, 6.07) is 19.5. The van der Waals surface area contributed by atoms with Crippen LogP contribution in [0.3, 0.4) is 0 Å². The van der Waals surface area contributed by atoms with Crippen LogP contribution in [0.1, 0.15) is 11.1 Å². The molecule has 3 N–H and O–H groups in total. The van der Waals surface area contributed by atoms with Gasteiger partial charge in [-0.3, -0.25) is 4.79 Å². The number of nitrogens with zero attached hydrogens (tertiary/aromatic N) is 1. The number of ether oxygens (including phenoxy) is 1. The number of para-hydroxylation sites is 1. The summed E-state index contributed by atoms with van der Waals surface area (Å²) in [5.74, 6) is 0.256. The van der Waals surface area contributed by atoms with Crippen molar-refractivity contribution in [1.29, 1.82) is 0 Å². The molecular weight excluding hydrogens is 540 g/mol. The molecule has 0 aliphatic heterocycles. The highest BCUT2D eigenvalue weighted by molar-refractivity contribution is 9.10. The molecule has 3 aromatic rings. The molecule has 7 nitrogen and oxygen atoms in total. The third-order valence-corrected chi connectivity index (χ3v) is 5.68. The minimum absolute atomic E-state index is 0.127. The van der Waals surface area contributed by atoms with E-state index in [1.54, 1.807) is 36.4 Å². The Morgan fingerprint density at radius 3 is 2.44 bits per heavy atom. The first-order valence-electron chi connectivity index (χ1n) is 9.54. The summed E-state index contributed by atoms with van der Waals surface area (Å²) in [6.07, 6.45) is 1.50. The Bertz CT molecular complexity index is 1140. The number of hydrogen-bond donors (Lipinski definition) is 3. The Kier molecular flexibility index (Phi) is 8.41. The van der Waals surface area contributed by atoms with E-state index < -0.39 is 6.03 Å². The van der Waals surface area contributed by atoms with Crippen LogP contribution in [0.15, 0.2) is 80.8 Å². The number of anilines is 2. The molecule has 0 heterocycles. The summed E-state index contributed by atoms with van der Waals surface area (Å²) in [7, 11) is 0. The van der Waals surface area contributed by atoms with Crippen LogP contribution in [0, 0.1) is 6.92 Å². The number of urea groups is 1. The van der Waals surface area contributed by atoms with Crippen molar-refractivity contribution in [3.05, 3.63) is 86.8 Å². The summed E-state index contributed by atoms with van der Waals surface area (Å²) in [6.45, 7) is 1.81. The van der Waals surface area contributed by atoms with Crippen LogP contribution in [-0.4, -0.2) is 24.8 Å². The first-order valence-corrected chi connectivity index (χ1v) is 11.1. The van der Waals surface area contributed by atoms with Crippen LogP contribution in [0.5, 0.6) is 5.75 Å². The molecule has 0 radical (unpaired) electrons. The zero-order valence-electron chi connectivity index (χ0n) is 17.1. The Morgan fingerprint density at radius 2 is 1.72 bits per heavy atom. The molecule has 0 saturated carbocycles. The Morgan fingerprint density at radius 1 is 0.938 bits per heavy atom. The number of hydrogen-bond acceptors (Lipinski definition) is 4. The smallest absolute Gasteiger partial charge is 0.339 e. The lowest BCUT2D eigenvalue weighted by atomic mass is 10.2. The summed E-state index contributed by atoms with van der Waals surface area (Å²) in [5, 5.41) is 9.41. The van der Waals surface area contributed by atoms with Gasteiger partial charge >= 0.3 is 6.03 Å². The van der Waals surface area contributed by atoms with Crippen molar-refractivity contribution in [2.75, 3.05) is 17.2 Å². The Hall–Kier alpha value is -3.17. The quantitative estimate of drug-likeness (QED) is 0.256. The standard InChI is InChI=1S/C23H20Br2N4O3/c1-15-11-18(8-9-19(15)24)28-23(31)29-26-13-16-7-10-21(20(25)12-16)32-14-22(30)27-17-5-3-2-4-6-17/h2-13H,14H2,1H3,(H,27,30)(H2,28,29,31)/b26-13+. The number of halogens is 2. The van der Waals surface area contributed by atoms with E-state index in [-0.39, 0.29) is 12.5 Å².